The summed E-state index contributed by atoms with van der Waals surface area (Å²) in [7, 11) is 2.60. The molecule has 0 radical (unpaired) electrons. The number of ether oxygens (including phenoxy) is 1. The molecular weight excluding hydrogens is 159 g/mol. The van der Waals surface area contributed by atoms with Crippen LogP contribution in [-0.4, -0.2) is 18.2 Å². The van der Waals surface area contributed by atoms with Crippen molar-refractivity contribution in [3.05, 3.63) is 12.2 Å². The Labute approximate surface area is 70.2 Å². The highest BCUT2D eigenvalue weighted by atomic mass is 31.0. The van der Waals surface area contributed by atoms with E-state index in [0.717, 1.165) is 12.6 Å². The minimum Gasteiger partial charge on any atom is -0.459 e. The van der Waals surface area contributed by atoms with Gasteiger partial charge < -0.3 is 4.74 Å². The first-order valence-corrected chi connectivity index (χ1v) is 4.46. The van der Waals surface area contributed by atoms with Gasteiger partial charge in [0.2, 0.25) is 0 Å². The highest BCUT2D eigenvalue weighted by molar-refractivity contribution is 7.16. The maximum atomic E-state index is 10.9. The number of carbonyl (C=O) groups is 1. The average molecular weight is 174 g/mol. The van der Waals surface area contributed by atoms with Crippen molar-refractivity contribution < 1.29 is 9.53 Å². The molecule has 0 spiro atoms. The summed E-state index contributed by atoms with van der Waals surface area (Å²) in [5.41, 5.74) is 0.459. The van der Waals surface area contributed by atoms with E-state index in [2.05, 4.69) is 15.8 Å². The molecule has 0 aliphatic rings. The highest BCUT2D eigenvalue weighted by Crippen LogP contribution is 2.03. The van der Waals surface area contributed by atoms with Gasteiger partial charge in [-0.15, -0.1) is 9.24 Å². The van der Waals surface area contributed by atoms with Crippen LogP contribution in [0.15, 0.2) is 12.2 Å². The molecule has 3 heteroatoms. The fraction of sp³-hybridized carbons (Fsp3) is 0.625. The highest BCUT2D eigenvalue weighted by Gasteiger charge is 2.07. The number of carbonyl (C=O) groups excluding carboxylic acids is 1. The van der Waals surface area contributed by atoms with Gasteiger partial charge in [-0.1, -0.05) is 6.58 Å². The minimum absolute atomic E-state index is 0.00306. The minimum atomic E-state index is -0.295. The third-order valence-electron chi connectivity index (χ3n) is 1.23. The monoisotopic (exact) mass is 174 g/mol. The lowest BCUT2D eigenvalue weighted by atomic mass is 10.3. The van der Waals surface area contributed by atoms with Crippen molar-refractivity contribution >= 4 is 15.2 Å². The van der Waals surface area contributed by atoms with Crippen LogP contribution in [0.2, 0.25) is 0 Å². The summed E-state index contributed by atoms with van der Waals surface area (Å²) < 4.78 is 5.00. The predicted octanol–water partition coefficient (Wildman–Crippen LogP) is 1.76. The van der Waals surface area contributed by atoms with Crippen molar-refractivity contribution in [2.45, 2.75) is 26.4 Å². The standard InChI is InChI=1S/C8H15O2P/c1-6(2)8(9)10-7(3)4-5-11/h7H,1,4-5,11H2,2-3H3. The Kier molecular flexibility index (Phi) is 5.14. The van der Waals surface area contributed by atoms with Crippen LogP contribution in [0.1, 0.15) is 20.3 Å². The van der Waals surface area contributed by atoms with Crippen molar-refractivity contribution in [3.8, 4) is 0 Å². The molecule has 2 atom stereocenters. The van der Waals surface area contributed by atoms with Crippen LogP contribution >= 0.6 is 9.24 Å². The van der Waals surface area contributed by atoms with Crippen molar-refractivity contribution in [3.63, 3.8) is 0 Å². The molecule has 64 valence electrons. The Morgan fingerprint density at radius 3 is 2.64 bits per heavy atom. The van der Waals surface area contributed by atoms with Gasteiger partial charge in [-0.05, 0) is 26.4 Å². The summed E-state index contributed by atoms with van der Waals surface area (Å²) in [4.78, 5) is 10.9. The molecule has 0 aliphatic carbocycles. The first kappa shape index (κ1) is 10.6. The lowest BCUT2D eigenvalue weighted by Gasteiger charge is -2.11. The molecule has 0 aromatic rings. The van der Waals surface area contributed by atoms with Gasteiger partial charge >= 0.3 is 5.97 Å². The van der Waals surface area contributed by atoms with Crippen LogP contribution < -0.4 is 0 Å². The molecule has 2 unspecified atom stereocenters. The van der Waals surface area contributed by atoms with E-state index >= 15 is 0 Å². The lowest BCUT2D eigenvalue weighted by molar-refractivity contribution is -0.143. The van der Waals surface area contributed by atoms with Gasteiger partial charge in [0.15, 0.2) is 0 Å². The molecule has 0 saturated heterocycles. The second-order valence-corrected chi connectivity index (χ2v) is 3.15. The van der Waals surface area contributed by atoms with Crippen LogP contribution in [-0.2, 0) is 9.53 Å². The molecular formula is C8H15O2P. The van der Waals surface area contributed by atoms with Crippen LogP contribution in [0.4, 0.5) is 0 Å². The topological polar surface area (TPSA) is 26.3 Å². The molecule has 0 fully saturated rings. The Morgan fingerprint density at radius 2 is 2.27 bits per heavy atom. The van der Waals surface area contributed by atoms with E-state index < -0.39 is 0 Å². The molecule has 0 heterocycles. The van der Waals surface area contributed by atoms with Crippen molar-refractivity contribution in [2.75, 3.05) is 6.16 Å². The molecule has 0 rings (SSSR count). The van der Waals surface area contributed by atoms with Crippen molar-refractivity contribution in [1.29, 1.82) is 0 Å². The van der Waals surface area contributed by atoms with E-state index in [1.54, 1.807) is 6.92 Å². The summed E-state index contributed by atoms with van der Waals surface area (Å²) in [6, 6.07) is 0. The third-order valence-corrected chi connectivity index (χ3v) is 1.56. The van der Waals surface area contributed by atoms with E-state index in [1.807, 2.05) is 6.92 Å². The third kappa shape index (κ3) is 4.97. The fourth-order valence-electron chi connectivity index (χ4n) is 0.577. The molecule has 0 saturated carbocycles. The normalized spacial score (nSPS) is 12.3. The van der Waals surface area contributed by atoms with E-state index in [-0.39, 0.29) is 12.1 Å². The Balaban J connectivity index is 3.66. The van der Waals surface area contributed by atoms with E-state index in [1.165, 1.54) is 0 Å². The quantitative estimate of drug-likeness (QED) is 0.369. The first-order valence-electron chi connectivity index (χ1n) is 3.64. The lowest BCUT2D eigenvalue weighted by Crippen LogP contribution is -2.15. The molecule has 0 N–H and O–H groups in total. The van der Waals surface area contributed by atoms with E-state index in [4.69, 9.17) is 4.74 Å². The van der Waals surface area contributed by atoms with E-state index in [9.17, 15) is 4.79 Å². The molecule has 0 bridgehead atoms. The Morgan fingerprint density at radius 1 is 1.73 bits per heavy atom. The summed E-state index contributed by atoms with van der Waals surface area (Å²) in [6.45, 7) is 7.02. The molecule has 0 aromatic carbocycles. The van der Waals surface area contributed by atoms with Gasteiger partial charge in [-0.25, -0.2) is 4.79 Å². The number of rotatable bonds is 4. The van der Waals surface area contributed by atoms with Gasteiger partial charge in [0, 0.05) is 5.57 Å². The van der Waals surface area contributed by atoms with Gasteiger partial charge in [-0.3, -0.25) is 0 Å². The summed E-state index contributed by atoms with van der Waals surface area (Å²) >= 11 is 0. The van der Waals surface area contributed by atoms with Gasteiger partial charge in [0.25, 0.3) is 0 Å². The maximum Gasteiger partial charge on any atom is 0.333 e. The van der Waals surface area contributed by atoms with Crippen LogP contribution in [0, 0.1) is 0 Å². The van der Waals surface area contributed by atoms with Crippen LogP contribution in [0.5, 0.6) is 0 Å². The molecule has 2 nitrogen and oxygen atoms in total. The van der Waals surface area contributed by atoms with Gasteiger partial charge in [0.05, 0.1) is 6.10 Å². The van der Waals surface area contributed by atoms with Crippen molar-refractivity contribution in [2.24, 2.45) is 0 Å². The first-order chi connectivity index (χ1) is 5.07. The molecule has 0 aromatic heterocycles. The summed E-state index contributed by atoms with van der Waals surface area (Å²) in [6.07, 6.45) is 1.82. The number of hydrogen-bond acceptors (Lipinski definition) is 2. The Hall–Kier alpha value is -0.360. The van der Waals surface area contributed by atoms with Crippen LogP contribution in [0.3, 0.4) is 0 Å². The largest absolute Gasteiger partial charge is 0.459 e. The fourth-order valence-corrected chi connectivity index (χ4v) is 1.05. The van der Waals surface area contributed by atoms with Crippen molar-refractivity contribution in [1.82, 2.24) is 0 Å². The molecule has 11 heavy (non-hydrogen) atoms. The summed E-state index contributed by atoms with van der Waals surface area (Å²) in [5, 5.41) is 0. The summed E-state index contributed by atoms with van der Waals surface area (Å²) in [5.74, 6) is -0.295. The van der Waals surface area contributed by atoms with Crippen LogP contribution in [0.25, 0.3) is 0 Å². The van der Waals surface area contributed by atoms with E-state index in [0.29, 0.717) is 5.57 Å². The zero-order chi connectivity index (χ0) is 8.85. The second kappa shape index (κ2) is 5.31. The molecule has 0 aliphatic heterocycles. The SMILES string of the molecule is C=C(C)C(=O)OC(C)CCP. The smallest absolute Gasteiger partial charge is 0.333 e. The predicted molar refractivity (Wildman–Crippen MR) is 49.6 cm³/mol. The number of hydrogen-bond donors (Lipinski definition) is 0. The maximum absolute atomic E-state index is 10.9. The number of esters is 1. The van der Waals surface area contributed by atoms with Gasteiger partial charge in [-0.2, -0.15) is 0 Å². The zero-order valence-corrected chi connectivity index (χ0v) is 8.25. The second-order valence-electron chi connectivity index (χ2n) is 2.57. The average Bonchev–Trinajstić information content (AvgIpc) is 1.87. The molecule has 0 amide bonds. The zero-order valence-electron chi connectivity index (χ0n) is 7.09. The van der Waals surface area contributed by atoms with Gasteiger partial charge in [0.1, 0.15) is 0 Å². The Bertz CT molecular complexity index is 154.